The Bertz CT molecular complexity index is 362. The van der Waals surface area contributed by atoms with Crippen LogP contribution in [0.3, 0.4) is 0 Å². The molecule has 1 rings (SSSR count). The van der Waals surface area contributed by atoms with Crippen LogP contribution >= 0.6 is 24.0 Å². The lowest BCUT2D eigenvalue weighted by molar-refractivity contribution is 0.0595. The van der Waals surface area contributed by atoms with Gasteiger partial charge in [0.05, 0.1) is 12.9 Å². The van der Waals surface area contributed by atoms with Gasteiger partial charge in [0.1, 0.15) is 0 Å². The number of thiazole rings is 1. The summed E-state index contributed by atoms with van der Waals surface area (Å²) in [4.78, 5) is 14.9. The molecule has 0 N–H and O–H groups in total. The van der Waals surface area contributed by atoms with Crippen LogP contribution in [0.25, 0.3) is 0 Å². The molecule has 0 unspecified atom stereocenters. The van der Waals surface area contributed by atoms with Crippen LogP contribution in [0.2, 0.25) is 0 Å². The maximum atomic E-state index is 11.0. The summed E-state index contributed by atoms with van der Waals surface area (Å²) in [5.41, 5.74) is 0.302. The quantitative estimate of drug-likeness (QED) is 0.433. The van der Waals surface area contributed by atoms with Gasteiger partial charge < -0.3 is 4.74 Å². The molecule has 5 heteroatoms. The second kappa shape index (κ2) is 4.90. The molecule has 0 aromatic carbocycles. The number of hydrogen-bond acceptors (Lipinski definition) is 5. The zero-order chi connectivity index (χ0) is 9.68. The van der Waals surface area contributed by atoms with Crippen LogP contribution in [0.1, 0.15) is 15.5 Å². The summed E-state index contributed by atoms with van der Waals surface area (Å²) >= 11 is 5.24. The fraction of sp³-hybridized carbons (Fsp3) is 0.250. The van der Waals surface area contributed by atoms with Crippen molar-refractivity contribution in [3.8, 4) is 11.8 Å². The number of methoxy groups -OCH3 is 1. The van der Waals surface area contributed by atoms with E-state index in [1.165, 1.54) is 18.4 Å². The normalized spacial score (nSPS) is 8.77. The van der Waals surface area contributed by atoms with E-state index in [0.29, 0.717) is 16.5 Å². The van der Waals surface area contributed by atoms with Gasteiger partial charge in [0.25, 0.3) is 0 Å². The van der Waals surface area contributed by atoms with Crippen LogP contribution in [0.15, 0.2) is 5.38 Å². The molecule has 13 heavy (non-hydrogen) atoms. The van der Waals surface area contributed by atoms with Crippen LogP contribution in [-0.4, -0.2) is 23.8 Å². The van der Waals surface area contributed by atoms with E-state index in [1.54, 1.807) is 5.38 Å². The van der Waals surface area contributed by atoms with E-state index in [1.807, 2.05) is 0 Å². The third-order valence-corrected chi connectivity index (χ3v) is 2.09. The molecule has 0 atom stereocenters. The zero-order valence-electron chi connectivity index (χ0n) is 6.90. The van der Waals surface area contributed by atoms with Crippen LogP contribution < -0.4 is 0 Å². The molecular weight excluding hydrogens is 206 g/mol. The molecule has 3 nitrogen and oxygen atoms in total. The molecule has 0 aliphatic carbocycles. The predicted octanol–water partition coefficient (Wildman–Crippen LogP) is 1.21. The van der Waals surface area contributed by atoms with E-state index in [9.17, 15) is 4.79 Å². The summed E-state index contributed by atoms with van der Waals surface area (Å²) in [5.74, 6) is 5.56. The monoisotopic (exact) mass is 213 g/mol. The van der Waals surface area contributed by atoms with Crippen molar-refractivity contribution in [1.82, 2.24) is 4.98 Å². The number of hydrogen-bond donors (Lipinski definition) is 1. The molecule has 0 aliphatic rings. The van der Waals surface area contributed by atoms with Gasteiger partial charge in [-0.25, -0.2) is 9.78 Å². The largest absolute Gasteiger partial charge is 0.464 e. The van der Waals surface area contributed by atoms with Crippen molar-refractivity contribution in [2.45, 2.75) is 0 Å². The first kappa shape index (κ1) is 10.1. The summed E-state index contributed by atoms with van der Waals surface area (Å²) in [6.07, 6.45) is 0. The molecule has 0 saturated heterocycles. The van der Waals surface area contributed by atoms with Crippen molar-refractivity contribution >= 4 is 29.9 Å². The van der Waals surface area contributed by atoms with E-state index in [4.69, 9.17) is 0 Å². The zero-order valence-corrected chi connectivity index (χ0v) is 8.61. The number of ether oxygens (including phenoxy) is 1. The molecule has 1 aromatic rings. The molecule has 1 heterocycles. The first-order valence-electron chi connectivity index (χ1n) is 3.41. The second-order valence-corrected chi connectivity index (χ2v) is 3.16. The third kappa shape index (κ3) is 2.76. The molecule has 0 amide bonds. The standard InChI is InChI=1S/C8H7NO2S2/c1-11-8(10)6-5-13-7(9-6)3-2-4-12/h5,12H,4H2,1H3. The van der Waals surface area contributed by atoms with Gasteiger partial charge in [0.2, 0.25) is 0 Å². The highest BCUT2D eigenvalue weighted by atomic mass is 32.1. The summed E-state index contributed by atoms with van der Waals surface area (Å²) in [6.45, 7) is 0. The fourth-order valence-electron chi connectivity index (χ4n) is 0.645. The highest BCUT2D eigenvalue weighted by Gasteiger charge is 2.08. The van der Waals surface area contributed by atoms with Gasteiger partial charge in [0, 0.05) is 5.38 Å². The Labute approximate surface area is 85.5 Å². The maximum absolute atomic E-state index is 11.0. The number of carbonyl (C=O) groups excluding carboxylic acids is 1. The van der Waals surface area contributed by atoms with Crippen LogP contribution in [0.5, 0.6) is 0 Å². The minimum atomic E-state index is -0.435. The van der Waals surface area contributed by atoms with Gasteiger partial charge in [0.15, 0.2) is 10.7 Å². The van der Waals surface area contributed by atoms with Crippen molar-refractivity contribution in [1.29, 1.82) is 0 Å². The lowest BCUT2D eigenvalue weighted by Crippen LogP contribution is -2.00. The van der Waals surface area contributed by atoms with Crippen molar-refractivity contribution in [2.75, 3.05) is 12.9 Å². The van der Waals surface area contributed by atoms with Crippen molar-refractivity contribution in [3.05, 3.63) is 16.1 Å². The molecule has 68 valence electrons. The van der Waals surface area contributed by atoms with Gasteiger partial charge >= 0.3 is 5.97 Å². The number of rotatable bonds is 1. The minimum absolute atomic E-state index is 0.302. The second-order valence-electron chi connectivity index (χ2n) is 1.99. The van der Waals surface area contributed by atoms with Gasteiger partial charge in [-0.3, -0.25) is 0 Å². The van der Waals surface area contributed by atoms with Crippen LogP contribution in [0.4, 0.5) is 0 Å². The highest BCUT2D eigenvalue weighted by Crippen LogP contribution is 2.08. The predicted molar refractivity (Wildman–Crippen MR) is 54.2 cm³/mol. The summed E-state index contributed by atoms with van der Waals surface area (Å²) in [5, 5.41) is 2.23. The fourth-order valence-corrected chi connectivity index (χ4v) is 1.38. The summed E-state index contributed by atoms with van der Waals surface area (Å²) in [6, 6.07) is 0. The number of aromatic nitrogens is 1. The number of esters is 1. The molecule has 0 radical (unpaired) electrons. The topological polar surface area (TPSA) is 39.2 Å². The Morgan fingerprint density at radius 3 is 3.23 bits per heavy atom. The molecule has 1 aromatic heterocycles. The molecule has 0 saturated carbocycles. The smallest absolute Gasteiger partial charge is 0.357 e. The highest BCUT2D eigenvalue weighted by molar-refractivity contribution is 7.80. The summed E-state index contributed by atoms with van der Waals surface area (Å²) in [7, 11) is 1.32. The van der Waals surface area contributed by atoms with Crippen molar-refractivity contribution in [3.63, 3.8) is 0 Å². The van der Waals surface area contributed by atoms with Gasteiger partial charge in [-0.1, -0.05) is 5.92 Å². The summed E-state index contributed by atoms with van der Waals surface area (Å²) < 4.78 is 4.50. The van der Waals surface area contributed by atoms with E-state index in [2.05, 4.69) is 34.2 Å². The van der Waals surface area contributed by atoms with E-state index < -0.39 is 5.97 Å². The number of nitrogens with zero attached hydrogens (tertiary/aromatic N) is 1. The third-order valence-electron chi connectivity index (χ3n) is 1.17. The molecule has 0 bridgehead atoms. The first-order chi connectivity index (χ1) is 6.27. The Kier molecular flexibility index (Phi) is 3.80. The molecular formula is C8H7NO2S2. The molecule has 0 fully saturated rings. The van der Waals surface area contributed by atoms with Gasteiger partial charge in [-0.05, 0) is 5.92 Å². The Morgan fingerprint density at radius 2 is 2.62 bits per heavy atom. The van der Waals surface area contributed by atoms with E-state index >= 15 is 0 Å². The van der Waals surface area contributed by atoms with Crippen molar-refractivity contribution in [2.24, 2.45) is 0 Å². The Hall–Kier alpha value is -0.990. The van der Waals surface area contributed by atoms with E-state index in [-0.39, 0.29) is 0 Å². The average Bonchev–Trinajstić information content (AvgIpc) is 2.62. The molecule has 0 spiro atoms. The van der Waals surface area contributed by atoms with Gasteiger partial charge in [-0.2, -0.15) is 12.6 Å². The van der Waals surface area contributed by atoms with Gasteiger partial charge in [-0.15, -0.1) is 11.3 Å². The Balaban J connectivity index is 2.80. The lowest BCUT2D eigenvalue weighted by atomic mass is 10.5. The molecule has 0 aliphatic heterocycles. The van der Waals surface area contributed by atoms with E-state index in [0.717, 1.165) is 0 Å². The Morgan fingerprint density at radius 1 is 1.85 bits per heavy atom. The number of thiol groups is 1. The first-order valence-corrected chi connectivity index (χ1v) is 4.92. The lowest BCUT2D eigenvalue weighted by Gasteiger charge is -1.89. The minimum Gasteiger partial charge on any atom is -0.464 e. The van der Waals surface area contributed by atoms with Crippen molar-refractivity contribution < 1.29 is 9.53 Å². The SMILES string of the molecule is COC(=O)c1csc(C#CCS)n1. The van der Waals surface area contributed by atoms with Crippen LogP contribution in [0, 0.1) is 11.8 Å². The average molecular weight is 213 g/mol. The van der Waals surface area contributed by atoms with Crippen LogP contribution in [-0.2, 0) is 4.74 Å². The maximum Gasteiger partial charge on any atom is 0.357 e. The number of carbonyl (C=O) groups is 1.